The van der Waals surface area contributed by atoms with E-state index in [1.165, 1.54) is 36.4 Å². The largest absolute Gasteiger partial charge is 0.481 e. The fraction of sp³-hybridized carbons (Fsp3) is 0.143. The van der Waals surface area contributed by atoms with E-state index in [1.807, 2.05) is 0 Å². The van der Waals surface area contributed by atoms with Crippen LogP contribution in [-0.2, 0) is 9.59 Å². The van der Waals surface area contributed by atoms with Gasteiger partial charge in [-0.05, 0) is 48.9 Å². The van der Waals surface area contributed by atoms with E-state index in [1.54, 1.807) is 6.07 Å². The summed E-state index contributed by atoms with van der Waals surface area (Å²) in [5.41, 5.74) is 12.1. The number of aromatic nitrogens is 2. The molecule has 0 bridgehead atoms. The zero-order valence-corrected chi connectivity index (χ0v) is 17.0. The van der Waals surface area contributed by atoms with Crippen LogP contribution in [0.4, 0.5) is 11.8 Å². The lowest BCUT2D eigenvalue weighted by molar-refractivity contribution is -0.140. The van der Waals surface area contributed by atoms with Crippen LogP contribution in [-0.4, -0.2) is 50.0 Å². The number of benzene rings is 2. The molecule has 3 rings (SSSR count). The van der Waals surface area contributed by atoms with Crippen molar-refractivity contribution >= 4 is 46.5 Å². The number of carbonyl (C=O) groups excluding carboxylic acids is 2. The number of anilines is 2. The summed E-state index contributed by atoms with van der Waals surface area (Å²) in [6.07, 6.45) is -0.684. The lowest BCUT2D eigenvalue weighted by Gasteiger charge is -2.13. The maximum absolute atomic E-state index is 12.4. The number of ether oxygens (including phenoxy) is 1. The molecular formula is C21H19N5O7. The standard InChI is InChI=1S/C21H19N5O7/c22-17-13-9-12(5-6-14(13)25-21(23)26-17)33-20(32)11-3-1-10(2-4-11)18(29)24-15(19(30)31)7-8-16(27)28/h1-6,9,15H,7-8H2,(H,24,29)(H,27,28)(H,30,31)(H4,22,23,25,26). The van der Waals surface area contributed by atoms with Gasteiger partial charge in [0.1, 0.15) is 17.6 Å². The van der Waals surface area contributed by atoms with Gasteiger partial charge in [-0.25, -0.2) is 14.6 Å². The molecule has 0 saturated carbocycles. The van der Waals surface area contributed by atoms with Gasteiger partial charge in [-0.2, -0.15) is 4.98 Å². The summed E-state index contributed by atoms with van der Waals surface area (Å²) >= 11 is 0. The Hall–Kier alpha value is -4.74. The molecule has 7 N–H and O–H groups in total. The van der Waals surface area contributed by atoms with Gasteiger partial charge in [-0.3, -0.25) is 9.59 Å². The Kier molecular flexibility index (Phi) is 6.67. The number of carboxylic acid groups (broad SMARTS) is 2. The number of nitrogens with one attached hydrogen (secondary N) is 1. The van der Waals surface area contributed by atoms with Gasteiger partial charge in [0.05, 0.1) is 11.1 Å². The van der Waals surface area contributed by atoms with Gasteiger partial charge in [0.2, 0.25) is 5.95 Å². The van der Waals surface area contributed by atoms with Crippen molar-refractivity contribution < 1.29 is 34.1 Å². The second-order valence-corrected chi connectivity index (χ2v) is 6.91. The molecule has 0 spiro atoms. The third kappa shape index (κ3) is 5.70. The van der Waals surface area contributed by atoms with Crippen molar-refractivity contribution in [3.63, 3.8) is 0 Å². The number of nitrogen functional groups attached to an aromatic ring is 2. The quantitative estimate of drug-likeness (QED) is 0.240. The van der Waals surface area contributed by atoms with Crippen LogP contribution in [0.5, 0.6) is 5.75 Å². The molecule has 0 aliphatic carbocycles. The number of nitrogens with zero attached hydrogens (tertiary/aromatic N) is 2. The molecule has 12 heteroatoms. The number of nitrogens with two attached hydrogens (primary N) is 2. The van der Waals surface area contributed by atoms with Crippen LogP contribution in [0.15, 0.2) is 42.5 Å². The van der Waals surface area contributed by atoms with Crippen LogP contribution >= 0.6 is 0 Å². The minimum absolute atomic E-state index is 0.0189. The molecule has 0 radical (unpaired) electrons. The normalized spacial score (nSPS) is 11.5. The zero-order valence-electron chi connectivity index (χ0n) is 17.0. The first-order valence-corrected chi connectivity index (χ1v) is 9.54. The molecule has 2 aromatic carbocycles. The average Bonchev–Trinajstić information content (AvgIpc) is 2.76. The third-order valence-electron chi connectivity index (χ3n) is 4.56. The van der Waals surface area contributed by atoms with Crippen LogP contribution in [0.2, 0.25) is 0 Å². The number of carboxylic acids is 2. The van der Waals surface area contributed by atoms with Crippen LogP contribution in [0.3, 0.4) is 0 Å². The zero-order chi connectivity index (χ0) is 24.1. The summed E-state index contributed by atoms with van der Waals surface area (Å²) < 4.78 is 5.33. The van der Waals surface area contributed by atoms with Gasteiger partial charge in [-0.1, -0.05) is 0 Å². The fourth-order valence-corrected chi connectivity index (χ4v) is 2.90. The summed E-state index contributed by atoms with van der Waals surface area (Å²) in [6.45, 7) is 0. The average molecular weight is 453 g/mol. The van der Waals surface area contributed by atoms with E-state index in [-0.39, 0.29) is 35.1 Å². The summed E-state index contributed by atoms with van der Waals surface area (Å²) in [6, 6.07) is 8.52. The predicted octanol–water partition coefficient (Wildman–Crippen LogP) is 1.06. The molecule has 0 fully saturated rings. The lowest BCUT2D eigenvalue weighted by atomic mass is 10.1. The van der Waals surface area contributed by atoms with E-state index in [0.717, 1.165) is 0 Å². The number of amides is 1. The highest BCUT2D eigenvalue weighted by molar-refractivity contribution is 5.98. The van der Waals surface area contributed by atoms with E-state index in [2.05, 4.69) is 15.3 Å². The Morgan fingerprint density at radius 2 is 1.64 bits per heavy atom. The molecule has 170 valence electrons. The number of carbonyl (C=O) groups is 4. The SMILES string of the molecule is Nc1nc(N)c2cc(OC(=O)c3ccc(C(=O)NC(CCC(=O)O)C(=O)O)cc3)ccc2n1. The van der Waals surface area contributed by atoms with E-state index in [4.69, 9.17) is 26.4 Å². The van der Waals surface area contributed by atoms with E-state index in [0.29, 0.717) is 10.9 Å². The highest BCUT2D eigenvalue weighted by Crippen LogP contribution is 2.24. The van der Waals surface area contributed by atoms with Crippen LogP contribution < -0.4 is 21.5 Å². The molecular weight excluding hydrogens is 434 g/mol. The Morgan fingerprint density at radius 1 is 0.970 bits per heavy atom. The van der Waals surface area contributed by atoms with Gasteiger partial charge < -0.3 is 31.7 Å². The summed E-state index contributed by atoms with van der Waals surface area (Å²) in [5, 5.41) is 20.5. The van der Waals surface area contributed by atoms with Crippen LogP contribution in [0.1, 0.15) is 33.6 Å². The molecule has 12 nitrogen and oxygen atoms in total. The molecule has 1 heterocycles. The van der Waals surface area contributed by atoms with Gasteiger partial charge in [-0.15, -0.1) is 0 Å². The summed E-state index contributed by atoms with van der Waals surface area (Å²) in [5.74, 6) is -3.62. The molecule has 1 atom stereocenters. The van der Waals surface area contributed by atoms with Crippen molar-refractivity contribution in [2.24, 2.45) is 0 Å². The van der Waals surface area contributed by atoms with E-state index < -0.39 is 36.3 Å². The van der Waals surface area contributed by atoms with Crippen molar-refractivity contribution in [2.45, 2.75) is 18.9 Å². The Labute approximate surface area is 186 Å². The van der Waals surface area contributed by atoms with Gasteiger partial charge in [0.15, 0.2) is 0 Å². The number of fused-ring (bicyclic) bond motifs is 1. The van der Waals surface area contributed by atoms with E-state index in [9.17, 15) is 19.2 Å². The Balaban J connectivity index is 1.68. The maximum Gasteiger partial charge on any atom is 0.343 e. The fourth-order valence-electron chi connectivity index (χ4n) is 2.90. The highest BCUT2D eigenvalue weighted by atomic mass is 16.5. The second-order valence-electron chi connectivity index (χ2n) is 6.91. The minimum atomic E-state index is -1.36. The van der Waals surface area contributed by atoms with Crippen molar-refractivity contribution in [2.75, 3.05) is 11.5 Å². The number of rotatable bonds is 8. The molecule has 3 aromatic rings. The predicted molar refractivity (Wildman–Crippen MR) is 116 cm³/mol. The number of aliphatic carboxylic acids is 2. The van der Waals surface area contributed by atoms with Crippen molar-refractivity contribution in [3.8, 4) is 5.75 Å². The smallest absolute Gasteiger partial charge is 0.343 e. The lowest BCUT2D eigenvalue weighted by Crippen LogP contribution is -2.41. The summed E-state index contributed by atoms with van der Waals surface area (Å²) in [4.78, 5) is 54.5. The van der Waals surface area contributed by atoms with Gasteiger partial charge in [0.25, 0.3) is 5.91 Å². The first-order valence-electron chi connectivity index (χ1n) is 9.54. The second kappa shape index (κ2) is 9.60. The molecule has 0 saturated heterocycles. The van der Waals surface area contributed by atoms with Crippen LogP contribution in [0, 0.1) is 0 Å². The van der Waals surface area contributed by atoms with Crippen molar-refractivity contribution in [3.05, 3.63) is 53.6 Å². The Bertz CT molecular complexity index is 1240. The number of esters is 1. The molecule has 1 amide bonds. The van der Waals surface area contributed by atoms with Gasteiger partial charge >= 0.3 is 17.9 Å². The summed E-state index contributed by atoms with van der Waals surface area (Å²) in [7, 11) is 0. The number of hydrogen-bond donors (Lipinski definition) is 5. The molecule has 0 aliphatic rings. The molecule has 33 heavy (non-hydrogen) atoms. The maximum atomic E-state index is 12.4. The van der Waals surface area contributed by atoms with E-state index >= 15 is 0 Å². The first-order chi connectivity index (χ1) is 15.6. The van der Waals surface area contributed by atoms with Crippen molar-refractivity contribution in [1.29, 1.82) is 0 Å². The first kappa shape index (κ1) is 22.9. The van der Waals surface area contributed by atoms with Gasteiger partial charge in [0, 0.05) is 17.4 Å². The molecule has 0 aliphatic heterocycles. The molecule has 1 aromatic heterocycles. The Morgan fingerprint density at radius 3 is 2.27 bits per heavy atom. The third-order valence-corrected chi connectivity index (χ3v) is 4.56. The molecule has 1 unspecified atom stereocenters. The number of hydrogen-bond acceptors (Lipinski definition) is 9. The van der Waals surface area contributed by atoms with Crippen molar-refractivity contribution in [1.82, 2.24) is 15.3 Å². The topological polar surface area (TPSA) is 208 Å². The monoisotopic (exact) mass is 453 g/mol. The minimum Gasteiger partial charge on any atom is -0.481 e. The van der Waals surface area contributed by atoms with Crippen LogP contribution in [0.25, 0.3) is 10.9 Å². The highest BCUT2D eigenvalue weighted by Gasteiger charge is 2.22.